The minimum Gasteiger partial charge on any atom is -0.508 e. The van der Waals surface area contributed by atoms with Crippen molar-refractivity contribution in [3.63, 3.8) is 0 Å². The van der Waals surface area contributed by atoms with Crippen molar-refractivity contribution in [2.24, 2.45) is 0 Å². The van der Waals surface area contributed by atoms with Crippen molar-refractivity contribution in [2.75, 3.05) is 0 Å². The summed E-state index contributed by atoms with van der Waals surface area (Å²) in [4.78, 5) is 10.6. The first-order chi connectivity index (χ1) is 6.70. The van der Waals surface area contributed by atoms with E-state index in [2.05, 4.69) is 0 Å². The normalized spacial score (nSPS) is 19.2. The highest BCUT2D eigenvalue weighted by molar-refractivity contribution is 5.85. The molecule has 1 heterocycles. The van der Waals surface area contributed by atoms with E-state index in [0.717, 1.165) is 11.8 Å². The van der Waals surface area contributed by atoms with Crippen molar-refractivity contribution < 1.29 is 14.6 Å². The molecular formula is C11H10O3. The average Bonchev–Trinajstić information content (AvgIpc) is 2.16. The maximum atomic E-state index is 10.6. The Morgan fingerprint density at radius 3 is 3.00 bits per heavy atom. The highest BCUT2D eigenvalue weighted by Gasteiger charge is 2.18. The molecule has 0 bridgehead atoms. The molecule has 1 N–H and O–H groups in total. The Balaban J connectivity index is 2.50. The fourth-order valence-corrected chi connectivity index (χ4v) is 1.43. The quantitative estimate of drug-likeness (QED) is 0.686. The van der Waals surface area contributed by atoms with Crippen molar-refractivity contribution >= 4 is 12.4 Å². The zero-order valence-corrected chi connectivity index (χ0v) is 7.73. The Hall–Kier alpha value is -1.77. The van der Waals surface area contributed by atoms with Gasteiger partial charge in [-0.15, -0.1) is 0 Å². The molecule has 0 amide bonds. The second-order valence-corrected chi connectivity index (χ2v) is 3.24. The van der Waals surface area contributed by atoms with E-state index in [0.29, 0.717) is 11.3 Å². The molecule has 3 heteroatoms. The van der Waals surface area contributed by atoms with Gasteiger partial charge in [0.1, 0.15) is 23.9 Å². The molecule has 2 rings (SSSR count). The first-order valence-corrected chi connectivity index (χ1v) is 4.37. The van der Waals surface area contributed by atoms with Crippen molar-refractivity contribution in [1.29, 1.82) is 0 Å². The second-order valence-electron chi connectivity index (χ2n) is 3.24. The van der Waals surface area contributed by atoms with Gasteiger partial charge in [-0.1, -0.05) is 0 Å². The van der Waals surface area contributed by atoms with Crippen LogP contribution in [0.15, 0.2) is 23.8 Å². The van der Waals surface area contributed by atoms with Gasteiger partial charge in [-0.3, -0.25) is 4.79 Å². The standard InChI is InChI=1S/C11H10O3/c1-7-9(6-12)4-8-2-3-10(13)5-11(8)14-7/h2-7,13H,1H3. The summed E-state index contributed by atoms with van der Waals surface area (Å²) >= 11 is 0. The van der Waals surface area contributed by atoms with Crippen LogP contribution in [0.1, 0.15) is 12.5 Å². The van der Waals surface area contributed by atoms with E-state index in [4.69, 9.17) is 4.74 Å². The summed E-state index contributed by atoms with van der Waals surface area (Å²) in [5.41, 5.74) is 1.44. The summed E-state index contributed by atoms with van der Waals surface area (Å²) in [5, 5.41) is 9.23. The molecule has 0 aromatic heterocycles. The number of phenolic OH excluding ortho intramolecular Hbond substituents is 1. The van der Waals surface area contributed by atoms with Crippen molar-refractivity contribution in [1.82, 2.24) is 0 Å². The molecule has 1 aromatic carbocycles. The van der Waals surface area contributed by atoms with Crippen LogP contribution < -0.4 is 4.74 Å². The Labute approximate surface area is 81.6 Å². The molecule has 0 saturated carbocycles. The van der Waals surface area contributed by atoms with E-state index in [-0.39, 0.29) is 11.9 Å². The summed E-state index contributed by atoms with van der Waals surface area (Å²) in [6.45, 7) is 1.80. The number of aldehydes is 1. The van der Waals surface area contributed by atoms with E-state index in [9.17, 15) is 9.90 Å². The molecule has 0 radical (unpaired) electrons. The number of hydrogen-bond acceptors (Lipinski definition) is 3. The number of phenols is 1. The van der Waals surface area contributed by atoms with Crippen LogP contribution in [0.3, 0.4) is 0 Å². The zero-order chi connectivity index (χ0) is 10.1. The molecule has 3 nitrogen and oxygen atoms in total. The summed E-state index contributed by atoms with van der Waals surface area (Å²) in [6, 6.07) is 4.83. The third kappa shape index (κ3) is 1.37. The van der Waals surface area contributed by atoms with Gasteiger partial charge in [-0.2, -0.15) is 0 Å². The lowest BCUT2D eigenvalue weighted by Crippen LogP contribution is -2.19. The van der Waals surface area contributed by atoms with Crippen LogP contribution in [0.5, 0.6) is 11.5 Å². The average molecular weight is 190 g/mol. The molecule has 0 saturated heterocycles. The minimum absolute atomic E-state index is 0.166. The van der Waals surface area contributed by atoms with Crippen LogP contribution in [0.25, 0.3) is 6.08 Å². The van der Waals surface area contributed by atoms with Gasteiger partial charge < -0.3 is 9.84 Å². The SMILES string of the molecule is CC1Oc2cc(O)ccc2C=C1C=O. The van der Waals surface area contributed by atoms with Gasteiger partial charge in [0, 0.05) is 17.2 Å². The Bertz CT molecular complexity index is 407. The molecule has 14 heavy (non-hydrogen) atoms. The van der Waals surface area contributed by atoms with E-state index in [1.54, 1.807) is 31.2 Å². The smallest absolute Gasteiger partial charge is 0.149 e. The molecule has 1 aliphatic heterocycles. The molecule has 0 aliphatic carbocycles. The fourth-order valence-electron chi connectivity index (χ4n) is 1.43. The topological polar surface area (TPSA) is 46.5 Å². The van der Waals surface area contributed by atoms with Crippen LogP contribution in [0.4, 0.5) is 0 Å². The predicted molar refractivity (Wildman–Crippen MR) is 52.2 cm³/mol. The summed E-state index contributed by atoms with van der Waals surface area (Å²) in [6.07, 6.45) is 2.32. The number of ether oxygens (including phenoxy) is 1. The number of carbonyl (C=O) groups is 1. The number of carbonyl (C=O) groups excluding carboxylic acids is 1. The number of fused-ring (bicyclic) bond motifs is 1. The summed E-state index contributed by atoms with van der Waals surface area (Å²) in [7, 11) is 0. The van der Waals surface area contributed by atoms with E-state index < -0.39 is 0 Å². The Kier molecular flexibility index (Phi) is 2.00. The third-order valence-electron chi connectivity index (χ3n) is 2.23. The number of benzene rings is 1. The molecule has 1 aliphatic rings. The highest BCUT2D eigenvalue weighted by atomic mass is 16.5. The van der Waals surface area contributed by atoms with E-state index >= 15 is 0 Å². The van der Waals surface area contributed by atoms with Gasteiger partial charge in [0.05, 0.1) is 0 Å². The minimum atomic E-state index is -0.248. The van der Waals surface area contributed by atoms with Crippen molar-refractivity contribution in [3.05, 3.63) is 29.3 Å². The third-order valence-corrected chi connectivity index (χ3v) is 2.23. The summed E-state index contributed by atoms with van der Waals surface area (Å²) in [5.74, 6) is 0.780. The molecule has 72 valence electrons. The lowest BCUT2D eigenvalue weighted by atomic mass is 10.0. The fraction of sp³-hybridized carbons (Fsp3) is 0.182. The van der Waals surface area contributed by atoms with Crippen molar-refractivity contribution in [2.45, 2.75) is 13.0 Å². The second kappa shape index (κ2) is 3.18. The lowest BCUT2D eigenvalue weighted by Gasteiger charge is -2.21. The van der Waals surface area contributed by atoms with E-state index in [1.165, 1.54) is 0 Å². The first kappa shape index (κ1) is 8.81. The van der Waals surface area contributed by atoms with Gasteiger partial charge >= 0.3 is 0 Å². The zero-order valence-electron chi connectivity index (χ0n) is 7.73. The first-order valence-electron chi connectivity index (χ1n) is 4.37. The van der Waals surface area contributed by atoms with Crippen LogP contribution >= 0.6 is 0 Å². The van der Waals surface area contributed by atoms with Crippen LogP contribution in [0.2, 0.25) is 0 Å². The molecule has 0 fully saturated rings. The van der Waals surface area contributed by atoms with Gasteiger partial charge in [0.25, 0.3) is 0 Å². The monoisotopic (exact) mass is 190 g/mol. The van der Waals surface area contributed by atoms with Gasteiger partial charge in [-0.25, -0.2) is 0 Å². The van der Waals surface area contributed by atoms with E-state index in [1.807, 2.05) is 0 Å². The number of aromatic hydroxyl groups is 1. The predicted octanol–water partition coefficient (Wildman–Crippen LogP) is 1.76. The maximum absolute atomic E-state index is 10.6. The maximum Gasteiger partial charge on any atom is 0.149 e. The van der Waals surface area contributed by atoms with Gasteiger partial charge in [0.15, 0.2) is 0 Å². The molecule has 1 atom stereocenters. The van der Waals surface area contributed by atoms with Gasteiger partial charge in [0.2, 0.25) is 0 Å². The van der Waals surface area contributed by atoms with Gasteiger partial charge in [-0.05, 0) is 25.1 Å². The number of rotatable bonds is 1. The van der Waals surface area contributed by atoms with Crippen LogP contribution in [-0.4, -0.2) is 17.5 Å². The number of hydrogen-bond donors (Lipinski definition) is 1. The lowest BCUT2D eigenvalue weighted by molar-refractivity contribution is -0.105. The molecule has 0 spiro atoms. The molecule has 1 aromatic rings. The van der Waals surface area contributed by atoms with Crippen molar-refractivity contribution in [3.8, 4) is 11.5 Å². The summed E-state index contributed by atoms with van der Waals surface area (Å²) < 4.78 is 5.46. The Morgan fingerprint density at radius 2 is 2.29 bits per heavy atom. The Morgan fingerprint density at radius 1 is 1.50 bits per heavy atom. The van der Waals surface area contributed by atoms with Crippen LogP contribution in [0, 0.1) is 0 Å². The molecular weight excluding hydrogens is 180 g/mol. The highest BCUT2D eigenvalue weighted by Crippen LogP contribution is 2.31. The largest absolute Gasteiger partial charge is 0.508 e. The van der Waals surface area contributed by atoms with Crippen LogP contribution in [-0.2, 0) is 4.79 Å². The molecule has 1 unspecified atom stereocenters.